The Morgan fingerprint density at radius 3 is 3.00 bits per heavy atom. The molecule has 2 N–H and O–H groups in total. The van der Waals surface area contributed by atoms with Crippen molar-refractivity contribution < 1.29 is 9.53 Å². The Morgan fingerprint density at radius 2 is 2.33 bits per heavy atom. The summed E-state index contributed by atoms with van der Waals surface area (Å²) in [6.07, 6.45) is 2.37. The molecular weight excluding hydrogens is 196 g/mol. The number of aromatic nitrogens is 3. The molecule has 0 spiro atoms. The Labute approximate surface area is 88.4 Å². The highest BCUT2D eigenvalue weighted by atomic mass is 16.5. The van der Waals surface area contributed by atoms with Gasteiger partial charge in [-0.05, 0) is 13.3 Å². The Hall–Kier alpha value is -1.59. The summed E-state index contributed by atoms with van der Waals surface area (Å²) < 4.78 is 5.04. The number of unbranched alkanes of at least 4 members (excludes halogenated alkanes) is 1. The molecule has 0 radical (unpaired) electrons. The third-order valence-corrected chi connectivity index (χ3v) is 1.75. The van der Waals surface area contributed by atoms with Crippen LogP contribution in [0.25, 0.3) is 0 Å². The minimum Gasteiger partial charge on any atom is -0.463 e. The van der Waals surface area contributed by atoms with Crippen molar-refractivity contribution in [3.63, 3.8) is 0 Å². The molecule has 1 aromatic rings. The molecule has 84 valence electrons. The number of H-pyrrole nitrogens is 1. The molecule has 0 unspecified atom stereocenters. The highest BCUT2D eigenvalue weighted by Crippen LogP contribution is 2.06. The summed E-state index contributed by atoms with van der Waals surface area (Å²) in [5, 5.41) is 8.95. The van der Waals surface area contributed by atoms with E-state index in [0.717, 1.165) is 12.8 Å². The summed E-state index contributed by atoms with van der Waals surface area (Å²) in [5.74, 6) is 0.274. The van der Waals surface area contributed by atoms with E-state index < -0.39 is 0 Å². The second-order valence-electron chi connectivity index (χ2n) is 3.05. The number of ether oxygens (including phenoxy) is 1. The minimum absolute atomic E-state index is 0.0592. The molecule has 0 aliphatic rings. The van der Waals surface area contributed by atoms with Crippen LogP contribution in [0.5, 0.6) is 6.01 Å². The number of rotatable bonds is 6. The molecule has 0 saturated heterocycles. The van der Waals surface area contributed by atoms with Gasteiger partial charge in [0.25, 0.3) is 0 Å². The van der Waals surface area contributed by atoms with Crippen LogP contribution in [0.3, 0.4) is 0 Å². The number of hydrogen-bond acceptors (Lipinski definition) is 4. The smallest absolute Gasteiger partial charge is 0.337 e. The van der Waals surface area contributed by atoms with Crippen molar-refractivity contribution in [2.45, 2.75) is 33.1 Å². The maximum atomic E-state index is 11.3. The van der Waals surface area contributed by atoms with E-state index in [9.17, 15) is 4.79 Å². The van der Waals surface area contributed by atoms with Crippen LogP contribution < -0.4 is 10.1 Å². The van der Waals surface area contributed by atoms with Gasteiger partial charge in [-0.25, -0.2) is 5.10 Å². The van der Waals surface area contributed by atoms with E-state index in [4.69, 9.17) is 4.74 Å². The van der Waals surface area contributed by atoms with Crippen LogP contribution >= 0.6 is 0 Å². The fourth-order valence-corrected chi connectivity index (χ4v) is 1.03. The van der Waals surface area contributed by atoms with Gasteiger partial charge in [0, 0.05) is 6.42 Å². The normalized spacial score (nSPS) is 10.0. The summed E-state index contributed by atoms with van der Waals surface area (Å²) in [5.41, 5.74) is 0. The van der Waals surface area contributed by atoms with Gasteiger partial charge in [-0.3, -0.25) is 10.1 Å². The number of anilines is 1. The molecule has 0 atom stereocenters. The molecule has 0 aliphatic heterocycles. The third-order valence-electron chi connectivity index (χ3n) is 1.75. The average molecular weight is 212 g/mol. The fraction of sp³-hybridized carbons (Fsp3) is 0.667. The predicted molar refractivity (Wildman–Crippen MR) is 55.7 cm³/mol. The SMILES string of the molecule is CCCCC(=O)Nc1nc(OCC)n[nH]1. The Bertz CT molecular complexity index is 311. The second-order valence-corrected chi connectivity index (χ2v) is 3.05. The third kappa shape index (κ3) is 3.97. The zero-order valence-corrected chi connectivity index (χ0v) is 9.04. The van der Waals surface area contributed by atoms with Gasteiger partial charge in [-0.1, -0.05) is 13.3 Å². The van der Waals surface area contributed by atoms with E-state index in [-0.39, 0.29) is 11.9 Å². The first kappa shape index (κ1) is 11.5. The minimum atomic E-state index is -0.0592. The van der Waals surface area contributed by atoms with Gasteiger partial charge in [-0.15, -0.1) is 5.10 Å². The van der Waals surface area contributed by atoms with Crippen molar-refractivity contribution >= 4 is 11.9 Å². The van der Waals surface area contributed by atoms with Gasteiger partial charge in [0.2, 0.25) is 11.9 Å². The lowest BCUT2D eigenvalue weighted by Gasteiger charge is -1.98. The lowest BCUT2D eigenvalue weighted by molar-refractivity contribution is -0.116. The molecular formula is C9H16N4O2. The number of carbonyl (C=O) groups is 1. The number of hydrogen-bond donors (Lipinski definition) is 2. The standard InChI is InChI=1S/C9H16N4O2/c1-3-5-6-7(14)10-8-11-9(13-12-8)15-4-2/h3-6H2,1-2H3,(H2,10,11,12,13,14). The van der Waals surface area contributed by atoms with Crippen molar-refractivity contribution in [2.75, 3.05) is 11.9 Å². The molecule has 6 heteroatoms. The first-order valence-electron chi connectivity index (χ1n) is 5.11. The van der Waals surface area contributed by atoms with Crippen LogP contribution in [0.1, 0.15) is 33.1 Å². The molecule has 15 heavy (non-hydrogen) atoms. The van der Waals surface area contributed by atoms with Gasteiger partial charge >= 0.3 is 6.01 Å². The molecule has 0 aromatic carbocycles. The Morgan fingerprint density at radius 1 is 1.53 bits per heavy atom. The van der Waals surface area contributed by atoms with Crippen LogP contribution in [0.2, 0.25) is 0 Å². The Kier molecular flexibility index (Phi) is 4.59. The maximum absolute atomic E-state index is 11.3. The topological polar surface area (TPSA) is 79.9 Å². The Balaban J connectivity index is 2.39. The van der Waals surface area contributed by atoms with Crippen molar-refractivity contribution in [3.8, 4) is 6.01 Å². The lowest BCUT2D eigenvalue weighted by atomic mass is 10.2. The summed E-state index contributed by atoms with van der Waals surface area (Å²) in [6, 6.07) is 0.253. The molecule has 0 fully saturated rings. The number of nitrogens with one attached hydrogen (secondary N) is 2. The highest BCUT2D eigenvalue weighted by molar-refractivity contribution is 5.88. The van der Waals surface area contributed by atoms with Gasteiger partial charge in [-0.2, -0.15) is 4.98 Å². The van der Waals surface area contributed by atoms with Crippen molar-refractivity contribution in [2.24, 2.45) is 0 Å². The zero-order chi connectivity index (χ0) is 11.1. The van der Waals surface area contributed by atoms with Crippen molar-refractivity contribution in [1.82, 2.24) is 15.2 Å². The van der Waals surface area contributed by atoms with Crippen LogP contribution in [-0.2, 0) is 4.79 Å². The van der Waals surface area contributed by atoms with Crippen LogP contribution in [0, 0.1) is 0 Å². The van der Waals surface area contributed by atoms with Gasteiger partial charge in [0.15, 0.2) is 0 Å². The molecule has 0 aliphatic carbocycles. The van der Waals surface area contributed by atoms with E-state index in [1.54, 1.807) is 0 Å². The first-order valence-corrected chi connectivity index (χ1v) is 5.11. The van der Waals surface area contributed by atoms with Gasteiger partial charge in [0.1, 0.15) is 0 Å². The molecule has 1 aromatic heterocycles. The molecule has 0 bridgehead atoms. The quantitative estimate of drug-likeness (QED) is 0.745. The predicted octanol–water partition coefficient (Wildman–Crippen LogP) is 1.33. The number of amides is 1. The number of carbonyl (C=O) groups excluding carboxylic acids is 1. The van der Waals surface area contributed by atoms with E-state index in [1.165, 1.54) is 0 Å². The van der Waals surface area contributed by atoms with Crippen molar-refractivity contribution in [1.29, 1.82) is 0 Å². The fourth-order valence-electron chi connectivity index (χ4n) is 1.03. The molecule has 1 heterocycles. The summed E-state index contributed by atoms with van der Waals surface area (Å²) in [6.45, 7) is 4.38. The largest absolute Gasteiger partial charge is 0.463 e. The summed E-state index contributed by atoms with van der Waals surface area (Å²) in [7, 11) is 0. The van der Waals surface area contributed by atoms with Gasteiger partial charge < -0.3 is 4.74 Å². The summed E-state index contributed by atoms with van der Waals surface area (Å²) >= 11 is 0. The molecule has 6 nitrogen and oxygen atoms in total. The lowest BCUT2D eigenvalue weighted by Crippen LogP contribution is -2.12. The molecule has 0 saturated carbocycles. The molecule has 1 rings (SSSR count). The van der Waals surface area contributed by atoms with Crippen LogP contribution in [0.15, 0.2) is 0 Å². The number of aromatic amines is 1. The van der Waals surface area contributed by atoms with E-state index in [0.29, 0.717) is 19.0 Å². The summed E-state index contributed by atoms with van der Waals surface area (Å²) in [4.78, 5) is 15.2. The van der Waals surface area contributed by atoms with E-state index in [2.05, 4.69) is 20.5 Å². The van der Waals surface area contributed by atoms with Crippen LogP contribution in [-0.4, -0.2) is 27.7 Å². The zero-order valence-electron chi connectivity index (χ0n) is 9.04. The average Bonchev–Trinajstić information content (AvgIpc) is 2.63. The monoisotopic (exact) mass is 212 g/mol. The van der Waals surface area contributed by atoms with Crippen LogP contribution in [0.4, 0.5) is 5.95 Å². The second kappa shape index (κ2) is 6.00. The first-order chi connectivity index (χ1) is 7.26. The maximum Gasteiger partial charge on any atom is 0.337 e. The van der Waals surface area contributed by atoms with E-state index >= 15 is 0 Å². The molecule has 1 amide bonds. The van der Waals surface area contributed by atoms with E-state index in [1.807, 2.05) is 13.8 Å². The van der Waals surface area contributed by atoms with Crippen molar-refractivity contribution in [3.05, 3.63) is 0 Å². The number of nitrogens with zero attached hydrogens (tertiary/aromatic N) is 2. The van der Waals surface area contributed by atoms with Gasteiger partial charge in [0.05, 0.1) is 6.61 Å². The highest BCUT2D eigenvalue weighted by Gasteiger charge is 2.06.